The Morgan fingerprint density at radius 3 is 2.58 bits per heavy atom. The van der Waals surface area contributed by atoms with Crippen LogP contribution in [0.2, 0.25) is 0 Å². The lowest BCUT2D eigenvalue weighted by Crippen LogP contribution is -2.26. The fourth-order valence-electron chi connectivity index (χ4n) is 4.10. The van der Waals surface area contributed by atoms with E-state index in [2.05, 4.69) is 36.5 Å². The fraction of sp³-hybridized carbons (Fsp3) is 0.241. The Balaban J connectivity index is 0.000000967. The predicted molar refractivity (Wildman–Crippen MR) is 139 cm³/mol. The van der Waals surface area contributed by atoms with Gasteiger partial charge in [0.15, 0.2) is 5.76 Å². The van der Waals surface area contributed by atoms with E-state index in [0.717, 1.165) is 58.2 Å². The largest absolute Gasteiger partial charge is 0.488 e. The minimum Gasteiger partial charge on any atom is -0.488 e. The second-order valence-corrected chi connectivity index (χ2v) is 8.63. The molecule has 1 aliphatic carbocycles. The quantitative estimate of drug-likeness (QED) is 0.292. The van der Waals surface area contributed by atoms with E-state index in [0.29, 0.717) is 17.9 Å². The van der Waals surface area contributed by atoms with Gasteiger partial charge in [0.2, 0.25) is 0 Å². The van der Waals surface area contributed by atoms with Crippen LogP contribution in [0.15, 0.2) is 71.1 Å². The molecule has 1 aliphatic rings. The number of furan rings is 1. The molecule has 3 aromatic carbocycles. The highest BCUT2D eigenvalue weighted by Crippen LogP contribution is 2.33. The molecule has 5 rings (SSSR count). The fourth-order valence-corrected chi connectivity index (χ4v) is 4.10. The van der Waals surface area contributed by atoms with Gasteiger partial charge in [0.05, 0.1) is 0 Å². The summed E-state index contributed by atoms with van der Waals surface area (Å²) in [6.45, 7) is 2.60. The highest BCUT2D eigenvalue weighted by Gasteiger charge is 2.28. The molecule has 36 heavy (non-hydrogen) atoms. The number of nitrogens with one attached hydrogen (secondary N) is 1. The van der Waals surface area contributed by atoms with Crippen LogP contribution in [0.25, 0.3) is 22.1 Å². The molecule has 7 nitrogen and oxygen atoms in total. The molecular formula is C29H30N2O5. The van der Waals surface area contributed by atoms with E-state index < -0.39 is 0 Å². The lowest BCUT2D eigenvalue weighted by Gasteiger charge is -2.11. The van der Waals surface area contributed by atoms with Crippen LogP contribution in [0.5, 0.6) is 5.75 Å². The van der Waals surface area contributed by atoms with E-state index >= 15 is 0 Å². The van der Waals surface area contributed by atoms with Crippen molar-refractivity contribution in [1.82, 2.24) is 5.32 Å². The average molecular weight is 487 g/mol. The van der Waals surface area contributed by atoms with Gasteiger partial charge < -0.3 is 25.3 Å². The standard InChI is InChI=1S/C28H28N2O3.CH2O2/c1-2-19-7-3-4-9-25(19)32-17-24-23-15-21(20-8-5-6-18(14-20)16-29)10-13-26(23)33-27(24)28(31)30-22-11-12-22;2-1-3/h3-10,13-15,22H,2,11-12,16-17,29H2,1H3,(H,30,31);1H,(H,2,3). The molecule has 4 N–H and O–H groups in total. The lowest BCUT2D eigenvalue weighted by molar-refractivity contribution is -0.122. The molecule has 0 aliphatic heterocycles. The third-order valence-electron chi connectivity index (χ3n) is 6.13. The second-order valence-electron chi connectivity index (χ2n) is 8.63. The van der Waals surface area contributed by atoms with Gasteiger partial charge in [-0.25, -0.2) is 0 Å². The summed E-state index contributed by atoms with van der Waals surface area (Å²) in [4.78, 5) is 21.3. The normalized spacial score (nSPS) is 12.5. The number of aryl methyl sites for hydroxylation is 1. The molecule has 4 aromatic rings. The van der Waals surface area contributed by atoms with E-state index in [4.69, 9.17) is 24.8 Å². The monoisotopic (exact) mass is 486 g/mol. The molecule has 1 heterocycles. The van der Waals surface area contributed by atoms with Gasteiger partial charge in [-0.15, -0.1) is 0 Å². The molecule has 0 atom stereocenters. The van der Waals surface area contributed by atoms with E-state index in [1.807, 2.05) is 42.5 Å². The van der Waals surface area contributed by atoms with Crippen LogP contribution in [0.1, 0.15) is 47.0 Å². The lowest BCUT2D eigenvalue weighted by atomic mass is 10.0. The van der Waals surface area contributed by atoms with Crippen molar-refractivity contribution >= 4 is 23.3 Å². The van der Waals surface area contributed by atoms with Gasteiger partial charge in [0.1, 0.15) is 17.9 Å². The SMILES string of the molecule is CCc1ccccc1OCc1c(C(=O)NC2CC2)oc2ccc(-c3cccc(CN)c3)cc12.O=CO. The van der Waals surface area contributed by atoms with Gasteiger partial charge in [-0.05, 0) is 65.8 Å². The van der Waals surface area contributed by atoms with E-state index in [1.165, 1.54) is 0 Å². The topological polar surface area (TPSA) is 115 Å². The summed E-state index contributed by atoms with van der Waals surface area (Å²) >= 11 is 0. The number of benzene rings is 3. The molecule has 1 saturated carbocycles. The highest BCUT2D eigenvalue weighted by molar-refractivity contribution is 6.00. The number of carboxylic acid groups (broad SMARTS) is 1. The zero-order valence-electron chi connectivity index (χ0n) is 20.2. The van der Waals surface area contributed by atoms with Gasteiger partial charge in [0, 0.05) is 23.5 Å². The molecule has 1 amide bonds. The molecule has 0 bridgehead atoms. The van der Waals surface area contributed by atoms with Crippen LogP contribution < -0.4 is 15.8 Å². The van der Waals surface area contributed by atoms with Crippen LogP contribution in [0.3, 0.4) is 0 Å². The first-order valence-corrected chi connectivity index (χ1v) is 12.0. The van der Waals surface area contributed by atoms with Crippen molar-refractivity contribution in [2.45, 2.75) is 45.4 Å². The Hall–Kier alpha value is -4.10. The molecule has 0 unspecified atom stereocenters. The average Bonchev–Trinajstić information content (AvgIpc) is 3.65. The maximum atomic E-state index is 13.0. The third-order valence-corrected chi connectivity index (χ3v) is 6.13. The summed E-state index contributed by atoms with van der Waals surface area (Å²) in [5.74, 6) is 0.983. The zero-order valence-corrected chi connectivity index (χ0v) is 20.2. The van der Waals surface area contributed by atoms with Crippen LogP contribution in [-0.4, -0.2) is 23.5 Å². The Bertz CT molecular complexity index is 1360. The predicted octanol–water partition coefficient (Wildman–Crippen LogP) is 5.29. The molecule has 1 fully saturated rings. The maximum Gasteiger partial charge on any atom is 0.290 e. The van der Waals surface area contributed by atoms with Crippen molar-refractivity contribution in [1.29, 1.82) is 0 Å². The highest BCUT2D eigenvalue weighted by atomic mass is 16.5. The van der Waals surface area contributed by atoms with Crippen molar-refractivity contribution < 1.29 is 23.8 Å². The summed E-state index contributed by atoms with van der Waals surface area (Å²) in [6.07, 6.45) is 2.91. The summed E-state index contributed by atoms with van der Waals surface area (Å²) in [6, 6.07) is 22.5. The van der Waals surface area contributed by atoms with Gasteiger partial charge in [-0.3, -0.25) is 9.59 Å². The first-order chi connectivity index (χ1) is 17.6. The third kappa shape index (κ3) is 5.75. The van der Waals surface area contributed by atoms with Gasteiger partial charge >= 0.3 is 0 Å². The molecule has 0 radical (unpaired) electrons. The second kappa shape index (κ2) is 11.6. The number of carbonyl (C=O) groups excluding carboxylic acids is 1. The number of rotatable bonds is 8. The summed E-state index contributed by atoms with van der Waals surface area (Å²) < 4.78 is 12.3. The van der Waals surface area contributed by atoms with E-state index in [-0.39, 0.29) is 25.0 Å². The first kappa shape index (κ1) is 25.0. The number of para-hydroxylation sites is 1. The van der Waals surface area contributed by atoms with Gasteiger partial charge in [-0.1, -0.05) is 49.4 Å². The van der Waals surface area contributed by atoms with Gasteiger partial charge in [0.25, 0.3) is 12.4 Å². The number of nitrogens with two attached hydrogens (primary N) is 1. The van der Waals surface area contributed by atoms with Crippen LogP contribution >= 0.6 is 0 Å². The van der Waals surface area contributed by atoms with Crippen LogP contribution in [0, 0.1) is 0 Å². The molecule has 0 spiro atoms. The number of hydrogen-bond donors (Lipinski definition) is 3. The molecular weight excluding hydrogens is 456 g/mol. The van der Waals surface area contributed by atoms with Gasteiger partial charge in [-0.2, -0.15) is 0 Å². The summed E-state index contributed by atoms with van der Waals surface area (Å²) in [5, 5.41) is 10.8. The van der Waals surface area contributed by atoms with E-state index in [9.17, 15) is 4.79 Å². The number of carbonyl (C=O) groups is 2. The van der Waals surface area contributed by atoms with Crippen LogP contribution in [-0.2, 0) is 24.4 Å². The number of ether oxygens (including phenoxy) is 1. The minimum atomic E-state index is -0.250. The Morgan fingerprint density at radius 1 is 1.11 bits per heavy atom. The molecule has 186 valence electrons. The maximum absolute atomic E-state index is 13.0. The zero-order chi connectivity index (χ0) is 25.5. The number of amides is 1. The van der Waals surface area contributed by atoms with Crippen molar-refractivity contribution in [3.05, 3.63) is 89.2 Å². The Labute approximate surface area is 209 Å². The Morgan fingerprint density at radius 2 is 1.86 bits per heavy atom. The minimum absolute atomic E-state index is 0.178. The first-order valence-electron chi connectivity index (χ1n) is 12.0. The van der Waals surface area contributed by atoms with E-state index in [1.54, 1.807) is 0 Å². The summed E-state index contributed by atoms with van der Waals surface area (Å²) in [5.41, 5.74) is 11.6. The molecule has 1 aromatic heterocycles. The van der Waals surface area contributed by atoms with Crippen LogP contribution in [0.4, 0.5) is 0 Å². The molecule has 0 saturated heterocycles. The van der Waals surface area contributed by atoms with Crippen molar-refractivity contribution in [2.75, 3.05) is 0 Å². The van der Waals surface area contributed by atoms with Crippen molar-refractivity contribution in [3.8, 4) is 16.9 Å². The molecule has 7 heteroatoms. The number of hydrogen-bond acceptors (Lipinski definition) is 5. The van der Waals surface area contributed by atoms with Crippen molar-refractivity contribution in [3.63, 3.8) is 0 Å². The smallest absolute Gasteiger partial charge is 0.290 e. The summed E-state index contributed by atoms with van der Waals surface area (Å²) in [7, 11) is 0. The Kier molecular flexibility index (Phi) is 8.02. The van der Waals surface area contributed by atoms with Crippen molar-refractivity contribution in [2.24, 2.45) is 5.73 Å². The number of fused-ring (bicyclic) bond motifs is 1.